The van der Waals surface area contributed by atoms with Gasteiger partial charge in [-0.15, -0.1) is 16.4 Å². The van der Waals surface area contributed by atoms with Gasteiger partial charge in [0.05, 0.1) is 17.7 Å². The van der Waals surface area contributed by atoms with Crippen LogP contribution < -0.4 is 5.32 Å². The molecule has 0 atom stereocenters. The fraction of sp³-hybridized carbons (Fsp3) is 0.231. The van der Waals surface area contributed by atoms with Crippen LogP contribution in [-0.4, -0.2) is 34.9 Å². The first-order valence-electron chi connectivity index (χ1n) is 6.00. The number of thiophene rings is 1. The first-order valence-corrected chi connectivity index (χ1v) is 6.88. The minimum Gasteiger partial charge on any atom is -0.383 e. The Balaban J connectivity index is 1.94. The lowest BCUT2D eigenvalue weighted by Crippen LogP contribution is -2.10. The summed E-state index contributed by atoms with van der Waals surface area (Å²) in [5.74, 6) is 0.820. The van der Waals surface area contributed by atoms with E-state index in [2.05, 4.69) is 26.8 Å². The lowest BCUT2D eigenvalue weighted by Gasteiger charge is -2.05. The van der Waals surface area contributed by atoms with Crippen molar-refractivity contribution in [3.63, 3.8) is 0 Å². The molecule has 3 aromatic heterocycles. The molecule has 0 aliphatic heterocycles. The summed E-state index contributed by atoms with van der Waals surface area (Å²) in [5, 5.41) is 9.83. The van der Waals surface area contributed by atoms with Crippen LogP contribution in [-0.2, 0) is 4.74 Å². The fourth-order valence-electron chi connectivity index (χ4n) is 1.84. The third-order valence-corrected chi connectivity index (χ3v) is 3.64. The van der Waals surface area contributed by atoms with Crippen molar-refractivity contribution in [2.75, 3.05) is 25.6 Å². The Bertz CT molecular complexity index is 662. The SMILES string of the molecule is COCCNc1ccc2ncc(-c3cccs3)n2n1. The number of imidazole rings is 1. The Hall–Kier alpha value is -1.92. The van der Waals surface area contributed by atoms with E-state index in [4.69, 9.17) is 4.74 Å². The van der Waals surface area contributed by atoms with Crippen molar-refractivity contribution in [3.8, 4) is 10.6 Å². The van der Waals surface area contributed by atoms with E-state index in [1.807, 2.05) is 28.9 Å². The molecule has 0 aromatic carbocycles. The van der Waals surface area contributed by atoms with Gasteiger partial charge in [-0.25, -0.2) is 9.50 Å². The normalized spacial score (nSPS) is 11.0. The van der Waals surface area contributed by atoms with E-state index in [-0.39, 0.29) is 0 Å². The minimum absolute atomic E-state index is 0.654. The molecule has 0 saturated heterocycles. The highest BCUT2D eigenvalue weighted by Crippen LogP contribution is 2.25. The van der Waals surface area contributed by atoms with E-state index in [0.717, 1.165) is 28.6 Å². The molecule has 0 saturated carbocycles. The van der Waals surface area contributed by atoms with Gasteiger partial charge in [0.2, 0.25) is 0 Å². The van der Waals surface area contributed by atoms with Gasteiger partial charge in [0.1, 0.15) is 11.5 Å². The van der Waals surface area contributed by atoms with Gasteiger partial charge in [-0.05, 0) is 23.6 Å². The summed E-state index contributed by atoms with van der Waals surface area (Å²) >= 11 is 1.68. The molecule has 0 bridgehead atoms. The topological polar surface area (TPSA) is 51.5 Å². The zero-order chi connectivity index (χ0) is 13.1. The first kappa shape index (κ1) is 12.1. The highest BCUT2D eigenvalue weighted by atomic mass is 32.1. The predicted molar refractivity (Wildman–Crippen MR) is 76.7 cm³/mol. The van der Waals surface area contributed by atoms with Crippen LogP contribution in [0.1, 0.15) is 0 Å². The molecule has 3 heterocycles. The summed E-state index contributed by atoms with van der Waals surface area (Å²) in [4.78, 5) is 5.53. The fourth-order valence-corrected chi connectivity index (χ4v) is 2.56. The van der Waals surface area contributed by atoms with Crippen molar-refractivity contribution < 1.29 is 4.74 Å². The van der Waals surface area contributed by atoms with Crippen LogP contribution in [0.15, 0.2) is 35.8 Å². The average molecular weight is 274 g/mol. The maximum absolute atomic E-state index is 5.01. The van der Waals surface area contributed by atoms with Gasteiger partial charge in [-0.1, -0.05) is 6.07 Å². The van der Waals surface area contributed by atoms with Gasteiger partial charge in [0, 0.05) is 13.7 Å². The number of hydrogen-bond donors (Lipinski definition) is 1. The molecular formula is C13H14N4OS. The molecule has 19 heavy (non-hydrogen) atoms. The third kappa shape index (κ3) is 2.45. The second-order valence-corrected chi connectivity index (χ2v) is 4.98. The van der Waals surface area contributed by atoms with E-state index in [9.17, 15) is 0 Å². The van der Waals surface area contributed by atoms with Crippen LogP contribution in [0.4, 0.5) is 5.82 Å². The zero-order valence-electron chi connectivity index (χ0n) is 10.5. The van der Waals surface area contributed by atoms with Gasteiger partial charge >= 0.3 is 0 Å². The summed E-state index contributed by atoms with van der Waals surface area (Å²) in [6, 6.07) is 7.98. The highest BCUT2D eigenvalue weighted by Gasteiger charge is 2.08. The molecule has 0 fully saturated rings. The number of ether oxygens (including phenoxy) is 1. The summed E-state index contributed by atoms with van der Waals surface area (Å²) in [5.41, 5.74) is 1.86. The summed E-state index contributed by atoms with van der Waals surface area (Å²) in [6.07, 6.45) is 1.85. The predicted octanol–water partition coefficient (Wildman–Crippen LogP) is 2.52. The number of fused-ring (bicyclic) bond motifs is 1. The van der Waals surface area contributed by atoms with Crippen molar-refractivity contribution in [1.29, 1.82) is 0 Å². The van der Waals surface area contributed by atoms with E-state index in [1.165, 1.54) is 0 Å². The largest absolute Gasteiger partial charge is 0.383 e. The molecule has 0 unspecified atom stereocenters. The number of nitrogens with zero attached hydrogens (tertiary/aromatic N) is 3. The lowest BCUT2D eigenvalue weighted by molar-refractivity contribution is 0.210. The minimum atomic E-state index is 0.654. The number of hydrogen-bond acceptors (Lipinski definition) is 5. The van der Waals surface area contributed by atoms with Crippen LogP contribution in [0.5, 0.6) is 0 Å². The van der Waals surface area contributed by atoms with Gasteiger partial charge in [-0.3, -0.25) is 0 Å². The maximum atomic E-state index is 5.01. The second-order valence-electron chi connectivity index (χ2n) is 4.03. The molecule has 3 aromatic rings. The lowest BCUT2D eigenvalue weighted by atomic mass is 10.4. The smallest absolute Gasteiger partial charge is 0.154 e. The Kier molecular flexibility index (Phi) is 3.43. The Morgan fingerprint density at radius 2 is 2.32 bits per heavy atom. The number of nitrogens with one attached hydrogen (secondary N) is 1. The molecule has 1 N–H and O–H groups in total. The van der Waals surface area contributed by atoms with Gasteiger partial charge in [0.25, 0.3) is 0 Å². The van der Waals surface area contributed by atoms with Crippen molar-refractivity contribution in [3.05, 3.63) is 35.8 Å². The van der Waals surface area contributed by atoms with Gasteiger partial charge in [-0.2, -0.15) is 0 Å². The van der Waals surface area contributed by atoms with Crippen molar-refractivity contribution in [2.45, 2.75) is 0 Å². The van der Waals surface area contributed by atoms with Crippen molar-refractivity contribution in [2.24, 2.45) is 0 Å². The first-order chi connectivity index (χ1) is 9.38. The van der Waals surface area contributed by atoms with E-state index < -0.39 is 0 Å². The van der Waals surface area contributed by atoms with Crippen LogP contribution in [0.2, 0.25) is 0 Å². The quantitative estimate of drug-likeness (QED) is 0.726. The molecule has 0 amide bonds. The number of aromatic nitrogens is 3. The monoisotopic (exact) mass is 274 g/mol. The molecule has 5 nitrogen and oxygen atoms in total. The standard InChI is InChI=1S/C13H14N4OS/c1-18-7-6-14-12-4-5-13-15-9-10(17(13)16-12)11-3-2-8-19-11/h2-5,8-9H,6-7H2,1H3,(H,14,16). The third-order valence-electron chi connectivity index (χ3n) is 2.75. The Morgan fingerprint density at radius 3 is 3.11 bits per heavy atom. The van der Waals surface area contributed by atoms with Crippen molar-refractivity contribution >= 4 is 22.8 Å². The van der Waals surface area contributed by atoms with Crippen LogP contribution >= 0.6 is 11.3 Å². The van der Waals surface area contributed by atoms with Crippen LogP contribution in [0.25, 0.3) is 16.2 Å². The van der Waals surface area contributed by atoms with Crippen LogP contribution in [0, 0.1) is 0 Å². The van der Waals surface area contributed by atoms with E-state index >= 15 is 0 Å². The van der Waals surface area contributed by atoms with Gasteiger partial charge < -0.3 is 10.1 Å². The number of rotatable bonds is 5. The molecule has 0 spiro atoms. The zero-order valence-corrected chi connectivity index (χ0v) is 11.4. The molecule has 0 aliphatic carbocycles. The second kappa shape index (κ2) is 5.38. The molecule has 0 aliphatic rings. The summed E-state index contributed by atoms with van der Waals surface area (Å²) in [6.45, 7) is 1.39. The number of anilines is 1. The molecule has 98 valence electrons. The Labute approximate surface area is 114 Å². The summed E-state index contributed by atoms with van der Waals surface area (Å²) in [7, 11) is 1.68. The molecule has 0 radical (unpaired) electrons. The highest BCUT2D eigenvalue weighted by molar-refractivity contribution is 7.13. The van der Waals surface area contributed by atoms with Crippen molar-refractivity contribution in [1.82, 2.24) is 14.6 Å². The Morgan fingerprint density at radius 1 is 1.37 bits per heavy atom. The maximum Gasteiger partial charge on any atom is 0.154 e. The van der Waals surface area contributed by atoms with Gasteiger partial charge in [0.15, 0.2) is 5.65 Å². The van der Waals surface area contributed by atoms with E-state index in [1.54, 1.807) is 18.4 Å². The average Bonchev–Trinajstić information content (AvgIpc) is 3.07. The molecule has 6 heteroatoms. The summed E-state index contributed by atoms with van der Waals surface area (Å²) < 4.78 is 6.87. The molecular weight excluding hydrogens is 260 g/mol. The van der Waals surface area contributed by atoms with Crippen LogP contribution in [0.3, 0.4) is 0 Å². The molecule has 3 rings (SSSR count). The van der Waals surface area contributed by atoms with E-state index in [0.29, 0.717) is 6.61 Å². The number of methoxy groups -OCH3 is 1.